The van der Waals surface area contributed by atoms with Crippen molar-refractivity contribution in [1.29, 1.82) is 0 Å². The molecule has 20 heavy (non-hydrogen) atoms. The van der Waals surface area contributed by atoms with Crippen LogP contribution in [0.25, 0.3) is 0 Å². The fraction of sp³-hybridized carbons (Fsp3) is 0.455. The zero-order chi connectivity index (χ0) is 15.1. The lowest BCUT2D eigenvalue weighted by atomic mass is 9.92. The summed E-state index contributed by atoms with van der Waals surface area (Å²) >= 11 is 6.61. The number of thiazole rings is 1. The van der Waals surface area contributed by atoms with Gasteiger partial charge >= 0.3 is 0 Å². The number of rotatable bonds is 3. The molecule has 6 nitrogen and oxygen atoms in total. The second kappa shape index (κ2) is 5.01. The van der Waals surface area contributed by atoms with Gasteiger partial charge in [-0.2, -0.15) is 0 Å². The van der Waals surface area contributed by atoms with Crippen molar-refractivity contribution in [3.8, 4) is 0 Å². The molecular weight excluding hydrogens is 322 g/mol. The molecule has 2 aromatic heterocycles. The molecule has 0 saturated carbocycles. The molecule has 110 valence electrons. The van der Waals surface area contributed by atoms with E-state index in [0.29, 0.717) is 11.4 Å². The zero-order valence-electron chi connectivity index (χ0n) is 11.4. The van der Waals surface area contributed by atoms with Crippen LogP contribution in [-0.2, 0) is 15.4 Å². The fourth-order valence-electron chi connectivity index (χ4n) is 1.46. The second-order valence-electron chi connectivity index (χ2n) is 5.27. The minimum absolute atomic E-state index is 0.0659. The smallest absolute Gasteiger partial charge is 0.275 e. The Morgan fingerprint density at radius 1 is 1.40 bits per heavy atom. The Kier molecular flexibility index (Phi) is 3.83. The van der Waals surface area contributed by atoms with Crippen LogP contribution in [0.15, 0.2) is 14.8 Å². The van der Waals surface area contributed by atoms with E-state index in [9.17, 15) is 8.42 Å². The van der Waals surface area contributed by atoms with Gasteiger partial charge in [0.15, 0.2) is 8.68 Å². The Morgan fingerprint density at radius 3 is 2.50 bits per heavy atom. The lowest BCUT2D eigenvalue weighted by Crippen LogP contribution is -2.13. The van der Waals surface area contributed by atoms with Crippen molar-refractivity contribution >= 4 is 38.8 Å². The number of nitrogens with zero attached hydrogens (tertiary/aromatic N) is 2. The predicted octanol–water partition coefficient (Wildman–Crippen LogP) is 3.19. The Morgan fingerprint density at radius 2 is 2.05 bits per heavy atom. The number of anilines is 1. The van der Waals surface area contributed by atoms with Crippen LogP contribution in [0.5, 0.6) is 0 Å². The minimum Gasteiger partial charge on any atom is -0.338 e. The van der Waals surface area contributed by atoms with E-state index in [4.69, 9.17) is 16.1 Å². The highest BCUT2D eigenvalue weighted by Gasteiger charge is 2.25. The highest BCUT2D eigenvalue weighted by Crippen LogP contribution is 2.29. The summed E-state index contributed by atoms with van der Waals surface area (Å²) in [5.74, 6) is 0.0684. The van der Waals surface area contributed by atoms with Crippen LogP contribution < -0.4 is 4.72 Å². The van der Waals surface area contributed by atoms with Crippen LogP contribution in [0.2, 0.25) is 4.47 Å². The van der Waals surface area contributed by atoms with Crippen LogP contribution in [0.4, 0.5) is 5.88 Å². The van der Waals surface area contributed by atoms with Gasteiger partial charge in [0, 0.05) is 11.5 Å². The van der Waals surface area contributed by atoms with Crippen LogP contribution in [-0.4, -0.2) is 18.6 Å². The van der Waals surface area contributed by atoms with Gasteiger partial charge in [-0.05, 0) is 6.92 Å². The quantitative estimate of drug-likeness (QED) is 0.931. The number of hydrogen-bond acceptors (Lipinski definition) is 6. The van der Waals surface area contributed by atoms with E-state index in [1.807, 2.05) is 20.8 Å². The number of nitrogens with one attached hydrogen (secondary N) is 1. The van der Waals surface area contributed by atoms with Crippen LogP contribution in [0, 0.1) is 6.92 Å². The van der Waals surface area contributed by atoms with E-state index >= 15 is 0 Å². The highest BCUT2D eigenvalue weighted by atomic mass is 35.5. The first-order valence-electron chi connectivity index (χ1n) is 5.72. The van der Waals surface area contributed by atoms with E-state index in [1.165, 1.54) is 0 Å². The molecule has 0 bridgehead atoms. The molecule has 0 amide bonds. The van der Waals surface area contributed by atoms with Gasteiger partial charge in [0.05, 0.1) is 11.4 Å². The summed E-state index contributed by atoms with van der Waals surface area (Å²) in [6.45, 7) is 7.45. The van der Waals surface area contributed by atoms with Crippen molar-refractivity contribution in [1.82, 2.24) is 10.1 Å². The number of aryl methyl sites for hydroxylation is 1. The largest absolute Gasteiger partial charge is 0.338 e. The van der Waals surface area contributed by atoms with Gasteiger partial charge in [-0.3, -0.25) is 0 Å². The van der Waals surface area contributed by atoms with Crippen LogP contribution in [0.3, 0.4) is 0 Å². The van der Waals surface area contributed by atoms with E-state index in [2.05, 4.69) is 14.9 Å². The lowest BCUT2D eigenvalue weighted by molar-refractivity contribution is 0.405. The van der Waals surface area contributed by atoms with Crippen molar-refractivity contribution in [2.45, 2.75) is 37.3 Å². The molecule has 2 heterocycles. The summed E-state index contributed by atoms with van der Waals surface area (Å²) in [5.41, 5.74) is 0.786. The van der Waals surface area contributed by atoms with Crippen molar-refractivity contribution < 1.29 is 12.9 Å². The monoisotopic (exact) mass is 335 g/mol. The van der Waals surface area contributed by atoms with Crippen molar-refractivity contribution in [2.24, 2.45) is 0 Å². The van der Waals surface area contributed by atoms with Gasteiger partial charge < -0.3 is 4.52 Å². The summed E-state index contributed by atoms with van der Waals surface area (Å²) in [4.78, 5) is 3.88. The van der Waals surface area contributed by atoms with Crippen molar-refractivity contribution in [2.75, 3.05) is 4.72 Å². The van der Waals surface area contributed by atoms with E-state index in [1.54, 1.807) is 13.0 Å². The van der Waals surface area contributed by atoms with Crippen molar-refractivity contribution in [3.63, 3.8) is 0 Å². The molecule has 0 unspecified atom stereocenters. The topological polar surface area (TPSA) is 85.1 Å². The molecule has 0 fully saturated rings. The molecule has 2 rings (SSSR count). The third-order valence-electron chi connectivity index (χ3n) is 2.49. The van der Waals surface area contributed by atoms with E-state index in [-0.39, 0.29) is 20.0 Å². The Labute approximate surface area is 126 Å². The third-order valence-corrected chi connectivity index (χ3v) is 5.70. The molecule has 9 heteroatoms. The molecule has 0 spiro atoms. The molecule has 0 aliphatic rings. The van der Waals surface area contributed by atoms with Crippen LogP contribution >= 0.6 is 22.9 Å². The average Bonchev–Trinajstić information content (AvgIpc) is 2.84. The number of halogens is 1. The summed E-state index contributed by atoms with van der Waals surface area (Å²) in [7, 11) is -3.77. The maximum atomic E-state index is 12.2. The number of aromatic nitrogens is 2. The van der Waals surface area contributed by atoms with Gasteiger partial charge in [-0.15, -0.1) is 0 Å². The molecule has 0 radical (unpaired) electrons. The molecule has 1 N–H and O–H groups in total. The molecule has 0 aliphatic carbocycles. The maximum Gasteiger partial charge on any atom is 0.275 e. The summed E-state index contributed by atoms with van der Waals surface area (Å²) < 4.78 is 32.0. The Balaban J connectivity index is 2.29. The number of hydrogen-bond donors (Lipinski definition) is 1. The second-order valence-corrected chi connectivity index (χ2v) is 8.73. The van der Waals surface area contributed by atoms with Gasteiger partial charge in [0.25, 0.3) is 10.0 Å². The standard InChI is InChI=1S/C11H14ClN3O3S2/c1-6-9(19-10(12)13-6)20(16,17)15-8-5-7(14-18-8)11(2,3)4/h5,15H,1-4H3. The van der Waals surface area contributed by atoms with Gasteiger partial charge in [-0.1, -0.05) is 48.9 Å². The Hall–Kier alpha value is -1.12. The number of sulfonamides is 1. The average molecular weight is 336 g/mol. The predicted molar refractivity (Wildman–Crippen MR) is 77.9 cm³/mol. The Bertz CT molecular complexity index is 728. The molecule has 0 atom stereocenters. The van der Waals surface area contributed by atoms with Crippen molar-refractivity contribution in [3.05, 3.63) is 21.9 Å². The molecule has 2 aromatic rings. The van der Waals surface area contributed by atoms with E-state index < -0.39 is 10.0 Å². The summed E-state index contributed by atoms with van der Waals surface area (Å²) in [5, 5.41) is 3.85. The molecule has 0 aliphatic heterocycles. The van der Waals surface area contributed by atoms with Gasteiger partial charge in [-0.25, -0.2) is 18.1 Å². The fourth-order valence-corrected chi connectivity index (χ4v) is 4.17. The first-order valence-corrected chi connectivity index (χ1v) is 8.40. The van der Waals surface area contributed by atoms with Crippen LogP contribution in [0.1, 0.15) is 32.2 Å². The first-order chi connectivity index (χ1) is 9.09. The molecule has 0 saturated heterocycles. The zero-order valence-corrected chi connectivity index (χ0v) is 13.8. The maximum absolute atomic E-state index is 12.2. The highest BCUT2D eigenvalue weighted by molar-refractivity contribution is 7.94. The molecule has 0 aromatic carbocycles. The normalized spacial score (nSPS) is 12.7. The third kappa shape index (κ3) is 3.13. The SMILES string of the molecule is Cc1nc(Cl)sc1S(=O)(=O)Nc1cc(C(C)(C)C)no1. The van der Waals surface area contributed by atoms with Gasteiger partial charge in [0.2, 0.25) is 5.88 Å². The first kappa shape index (κ1) is 15.3. The lowest BCUT2D eigenvalue weighted by Gasteiger charge is -2.12. The summed E-state index contributed by atoms with van der Waals surface area (Å²) in [6, 6.07) is 1.57. The molecular formula is C11H14ClN3O3S2. The summed E-state index contributed by atoms with van der Waals surface area (Å²) in [6.07, 6.45) is 0. The van der Waals surface area contributed by atoms with Gasteiger partial charge in [0.1, 0.15) is 0 Å². The minimum atomic E-state index is -3.77. The van der Waals surface area contributed by atoms with E-state index in [0.717, 1.165) is 11.3 Å².